The first-order chi connectivity index (χ1) is 14.0. The first-order valence-corrected chi connectivity index (χ1v) is 9.59. The number of rotatable bonds is 5. The molecule has 8 heteroatoms. The number of pyridine rings is 1. The molecule has 0 radical (unpaired) electrons. The second kappa shape index (κ2) is 7.46. The Bertz CT molecular complexity index is 1170. The van der Waals surface area contributed by atoms with Gasteiger partial charge in [-0.2, -0.15) is 5.10 Å². The van der Waals surface area contributed by atoms with Crippen LogP contribution in [-0.2, 0) is 0 Å². The van der Waals surface area contributed by atoms with Crippen LogP contribution >= 0.6 is 0 Å². The van der Waals surface area contributed by atoms with Gasteiger partial charge in [0.05, 0.1) is 22.3 Å². The summed E-state index contributed by atoms with van der Waals surface area (Å²) in [5.74, 6) is 0.637. The van der Waals surface area contributed by atoms with Crippen LogP contribution < -0.4 is 0 Å². The largest absolute Gasteiger partial charge is 0.420 e. The van der Waals surface area contributed by atoms with E-state index in [1.54, 1.807) is 22.6 Å². The fourth-order valence-electron chi connectivity index (χ4n) is 3.40. The number of carbonyl (C=O) groups excluding carboxylic acids is 1. The molecule has 0 fully saturated rings. The van der Waals surface area contributed by atoms with Crippen molar-refractivity contribution < 1.29 is 9.21 Å². The number of amides is 1. The maximum Gasteiger partial charge on any atom is 0.266 e. The number of hydrogen-bond acceptors (Lipinski definition) is 6. The van der Waals surface area contributed by atoms with Crippen LogP contribution in [0.15, 0.2) is 40.8 Å². The van der Waals surface area contributed by atoms with Crippen LogP contribution in [0.25, 0.3) is 28.3 Å². The first-order valence-electron chi connectivity index (χ1n) is 9.59. The molecule has 0 saturated heterocycles. The summed E-state index contributed by atoms with van der Waals surface area (Å²) >= 11 is 0. The Morgan fingerprint density at radius 2 is 1.83 bits per heavy atom. The summed E-state index contributed by atoms with van der Waals surface area (Å²) in [6.45, 7) is 8.75. The lowest BCUT2D eigenvalue weighted by atomic mass is 10.1. The minimum Gasteiger partial charge on any atom is -0.420 e. The predicted molar refractivity (Wildman–Crippen MR) is 109 cm³/mol. The van der Waals surface area contributed by atoms with Crippen molar-refractivity contribution in [3.8, 4) is 17.3 Å². The molecule has 3 aromatic heterocycles. The molecule has 0 unspecified atom stereocenters. The average Bonchev–Trinajstić information content (AvgIpc) is 3.32. The summed E-state index contributed by atoms with van der Waals surface area (Å²) in [6, 6.07) is 11.4. The van der Waals surface area contributed by atoms with Gasteiger partial charge in [0.2, 0.25) is 5.89 Å². The van der Waals surface area contributed by atoms with Crippen molar-refractivity contribution in [3.63, 3.8) is 0 Å². The van der Waals surface area contributed by atoms with Gasteiger partial charge >= 0.3 is 0 Å². The zero-order valence-corrected chi connectivity index (χ0v) is 16.9. The van der Waals surface area contributed by atoms with Gasteiger partial charge in [0.15, 0.2) is 5.65 Å². The maximum absolute atomic E-state index is 13.3. The summed E-state index contributed by atoms with van der Waals surface area (Å²) in [7, 11) is 0. The van der Waals surface area contributed by atoms with Crippen LogP contribution in [-0.4, -0.2) is 48.9 Å². The fourth-order valence-corrected chi connectivity index (χ4v) is 3.40. The van der Waals surface area contributed by atoms with Crippen molar-refractivity contribution >= 4 is 16.9 Å². The summed E-state index contributed by atoms with van der Waals surface area (Å²) < 4.78 is 7.33. The van der Waals surface area contributed by atoms with E-state index in [4.69, 9.17) is 9.40 Å². The van der Waals surface area contributed by atoms with Gasteiger partial charge in [0.1, 0.15) is 5.69 Å². The third-order valence-electron chi connectivity index (χ3n) is 4.84. The fraction of sp³-hybridized carbons (Fsp3) is 0.286. The molecule has 0 aliphatic carbocycles. The third-order valence-corrected chi connectivity index (χ3v) is 4.84. The molecule has 0 spiro atoms. The van der Waals surface area contributed by atoms with Crippen molar-refractivity contribution in [1.82, 2.24) is 29.9 Å². The Labute approximate surface area is 168 Å². The molecular formula is C21H22N6O2. The average molecular weight is 390 g/mol. The lowest BCUT2D eigenvalue weighted by molar-refractivity contribution is 0.0775. The SMILES string of the molecule is CCN(CC)C(=O)c1cc(-c2nnc(C)o2)nc2c1c(C)nn2-c1ccccc1. The molecule has 0 bridgehead atoms. The number of fused-ring (bicyclic) bond motifs is 1. The smallest absolute Gasteiger partial charge is 0.266 e. The van der Waals surface area contributed by atoms with Crippen LogP contribution in [0.1, 0.15) is 35.8 Å². The molecule has 0 atom stereocenters. The van der Waals surface area contributed by atoms with Crippen molar-refractivity contribution in [2.45, 2.75) is 27.7 Å². The van der Waals surface area contributed by atoms with Gasteiger partial charge in [-0.3, -0.25) is 4.79 Å². The number of hydrogen-bond donors (Lipinski definition) is 0. The summed E-state index contributed by atoms with van der Waals surface area (Å²) in [5.41, 5.74) is 3.16. The molecule has 1 amide bonds. The van der Waals surface area contributed by atoms with E-state index in [2.05, 4.69) is 15.3 Å². The van der Waals surface area contributed by atoms with Crippen LogP contribution in [0.4, 0.5) is 0 Å². The Balaban J connectivity index is 2.02. The quantitative estimate of drug-likeness (QED) is 0.517. The van der Waals surface area contributed by atoms with E-state index in [0.717, 1.165) is 16.8 Å². The van der Waals surface area contributed by atoms with E-state index >= 15 is 0 Å². The Morgan fingerprint density at radius 1 is 1.10 bits per heavy atom. The molecule has 8 nitrogen and oxygen atoms in total. The highest BCUT2D eigenvalue weighted by molar-refractivity contribution is 6.07. The molecule has 0 aliphatic heterocycles. The van der Waals surface area contributed by atoms with E-state index in [9.17, 15) is 4.79 Å². The molecule has 0 N–H and O–H groups in total. The standard InChI is InChI=1S/C21H22N6O2/c1-5-26(6-2)21(28)16-12-17(20-24-23-14(4)29-20)22-19-18(16)13(3)25-27(19)15-10-8-7-9-11-15/h7-12H,5-6H2,1-4H3. The zero-order valence-electron chi connectivity index (χ0n) is 16.9. The molecule has 4 aromatic rings. The second-order valence-corrected chi connectivity index (χ2v) is 6.69. The molecule has 0 saturated carbocycles. The maximum atomic E-state index is 13.3. The Hall–Kier alpha value is -3.55. The Kier molecular flexibility index (Phi) is 4.84. The number of benzene rings is 1. The normalized spacial score (nSPS) is 11.2. The second-order valence-electron chi connectivity index (χ2n) is 6.69. The van der Waals surface area contributed by atoms with E-state index in [1.807, 2.05) is 51.1 Å². The van der Waals surface area contributed by atoms with Gasteiger partial charge in [0, 0.05) is 20.0 Å². The molecule has 0 aliphatic rings. The van der Waals surface area contributed by atoms with Crippen molar-refractivity contribution in [3.05, 3.63) is 53.5 Å². The molecule has 3 heterocycles. The van der Waals surface area contributed by atoms with Crippen molar-refractivity contribution in [1.29, 1.82) is 0 Å². The van der Waals surface area contributed by atoms with E-state index < -0.39 is 0 Å². The van der Waals surface area contributed by atoms with Gasteiger partial charge in [-0.1, -0.05) is 18.2 Å². The van der Waals surface area contributed by atoms with Crippen LogP contribution in [0.3, 0.4) is 0 Å². The molecular weight excluding hydrogens is 368 g/mol. The predicted octanol–water partition coefficient (Wildman–Crippen LogP) is 3.57. The minimum absolute atomic E-state index is 0.0735. The number of aromatic nitrogens is 5. The first kappa shape index (κ1) is 18.8. The van der Waals surface area contributed by atoms with E-state index in [0.29, 0.717) is 35.9 Å². The molecule has 148 valence electrons. The lowest BCUT2D eigenvalue weighted by Gasteiger charge is -2.19. The van der Waals surface area contributed by atoms with E-state index in [-0.39, 0.29) is 11.8 Å². The summed E-state index contributed by atoms with van der Waals surface area (Å²) in [4.78, 5) is 19.8. The number of nitrogens with zero attached hydrogens (tertiary/aromatic N) is 6. The zero-order chi connectivity index (χ0) is 20.5. The van der Waals surface area contributed by atoms with Crippen molar-refractivity contribution in [2.24, 2.45) is 0 Å². The monoisotopic (exact) mass is 390 g/mol. The Morgan fingerprint density at radius 3 is 2.45 bits per heavy atom. The van der Waals surface area contributed by atoms with Crippen LogP contribution in [0, 0.1) is 13.8 Å². The number of para-hydroxylation sites is 1. The summed E-state index contributed by atoms with van der Waals surface area (Å²) in [5, 5.41) is 13.4. The van der Waals surface area contributed by atoms with Gasteiger partial charge in [0.25, 0.3) is 11.8 Å². The highest BCUT2D eigenvalue weighted by atomic mass is 16.4. The van der Waals surface area contributed by atoms with Gasteiger partial charge < -0.3 is 9.32 Å². The lowest BCUT2D eigenvalue weighted by Crippen LogP contribution is -2.30. The summed E-state index contributed by atoms with van der Waals surface area (Å²) in [6.07, 6.45) is 0. The van der Waals surface area contributed by atoms with E-state index in [1.165, 1.54) is 0 Å². The minimum atomic E-state index is -0.0735. The van der Waals surface area contributed by atoms with Crippen LogP contribution in [0.2, 0.25) is 0 Å². The molecule has 1 aromatic carbocycles. The van der Waals surface area contributed by atoms with Gasteiger partial charge in [-0.05, 0) is 39.0 Å². The highest BCUT2D eigenvalue weighted by Gasteiger charge is 2.24. The number of carbonyl (C=O) groups is 1. The highest BCUT2D eigenvalue weighted by Crippen LogP contribution is 2.29. The van der Waals surface area contributed by atoms with Crippen molar-refractivity contribution in [2.75, 3.05) is 13.1 Å². The third kappa shape index (κ3) is 3.26. The topological polar surface area (TPSA) is 89.9 Å². The van der Waals surface area contributed by atoms with Gasteiger partial charge in [-0.15, -0.1) is 10.2 Å². The molecule has 29 heavy (non-hydrogen) atoms. The van der Waals surface area contributed by atoms with Crippen LogP contribution in [0.5, 0.6) is 0 Å². The van der Waals surface area contributed by atoms with Gasteiger partial charge in [-0.25, -0.2) is 9.67 Å². The number of aryl methyl sites for hydroxylation is 2. The molecule has 4 rings (SSSR count).